The number of hydrogen-bond acceptors (Lipinski definition) is 14. The maximum Gasteiger partial charge on any atom is 0.187 e. The Morgan fingerprint density at radius 2 is 1.54 bits per heavy atom. The summed E-state index contributed by atoms with van der Waals surface area (Å²) in [4.78, 5) is 0. The van der Waals surface area contributed by atoms with Crippen molar-refractivity contribution in [1.82, 2.24) is 0 Å². The van der Waals surface area contributed by atoms with Crippen LogP contribution in [0.25, 0.3) is 0 Å². The highest BCUT2D eigenvalue weighted by molar-refractivity contribution is 5.33. The smallest absolute Gasteiger partial charge is 0.187 e. The number of fused-ring (bicyclic) bond motifs is 5. The van der Waals surface area contributed by atoms with Gasteiger partial charge in [-0.15, -0.1) is 0 Å². The van der Waals surface area contributed by atoms with Crippen molar-refractivity contribution in [2.45, 2.75) is 158 Å². The van der Waals surface area contributed by atoms with E-state index in [-0.39, 0.29) is 49.9 Å². The molecule has 5 fully saturated rings. The average molecular weight is 771 g/mol. The predicted octanol–water partition coefficient (Wildman–Crippen LogP) is 0.525. The van der Waals surface area contributed by atoms with E-state index in [0.29, 0.717) is 32.1 Å². The summed E-state index contributed by atoms with van der Waals surface area (Å²) in [6.07, 6.45) is -6.11. The summed E-state index contributed by atoms with van der Waals surface area (Å²) in [6.45, 7) is 12.4. The normalized spacial score (nSPS) is 50.3. The van der Waals surface area contributed by atoms with Crippen LogP contribution < -0.4 is 0 Å². The summed E-state index contributed by atoms with van der Waals surface area (Å²) >= 11 is 0. The highest BCUT2D eigenvalue weighted by Gasteiger charge is 2.72. The molecule has 0 amide bonds. The highest BCUT2D eigenvalue weighted by atomic mass is 16.7. The van der Waals surface area contributed by atoms with Crippen molar-refractivity contribution < 1.29 is 69.6 Å². The van der Waals surface area contributed by atoms with Gasteiger partial charge in [-0.1, -0.05) is 39.0 Å². The standard InChI is InChI=1S/C40H66O14/c1-19(2)21(11-14-51-36-33(48)29(44)25(42)17-52-36)8-7-20(3)28-31(46)32(47)35-39(28,5)13-10-27-38(4)12-9-22(15-23(38)24(41)16-40(27,35)49)54-37-34(50-6)30(45)26(43)18-53-37/h15,20-22,24-37,41-49H,1,7-14,16-18H2,2-6H3/t20-,21-,22+,24-,25-,26-,27-,28+,29+,30+,31-,32+,33-,34-,35-,36-,37+,38+,39-,40+/m1/s1. The number of hydrogen-bond donors (Lipinski definition) is 9. The number of rotatable bonds is 12. The van der Waals surface area contributed by atoms with Gasteiger partial charge in [-0.2, -0.15) is 0 Å². The van der Waals surface area contributed by atoms with Gasteiger partial charge in [0.05, 0.1) is 49.8 Å². The molecule has 54 heavy (non-hydrogen) atoms. The Bertz CT molecular complexity index is 1350. The van der Waals surface area contributed by atoms with Gasteiger partial charge in [-0.25, -0.2) is 0 Å². The van der Waals surface area contributed by atoms with Crippen LogP contribution in [0.2, 0.25) is 0 Å². The second-order valence-corrected chi connectivity index (χ2v) is 18.0. The summed E-state index contributed by atoms with van der Waals surface area (Å²) in [5.41, 5.74) is -0.858. The van der Waals surface area contributed by atoms with Gasteiger partial charge < -0.3 is 69.6 Å². The lowest BCUT2D eigenvalue weighted by Gasteiger charge is -2.64. The van der Waals surface area contributed by atoms with E-state index in [1.165, 1.54) is 7.11 Å². The van der Waals surface area contributed by atoms with Gasteiger partial charge in [0.25, 0.3) is 0 Å². The number of methoxy groups -OCH3 is 1. The first kappa shape index (κ1) is 42.5. The largest absolute Gasteiger partial charge is 0.390 e. The molecule has 310 valence electrons. The van der Waals surface area contributed by atoms with Gasteiger partial charge in [0.15, 0.2) is 12.6 Å². The van der Waals surface area contributed by atoms with Crippen molar-refractivity contribution in [2.24, 2.45) is 40.4 Å². The summed E-state index contributed by atoms with van der Waals surface area (Å²) in [5, 5.41) is 98.6. The van der Waals surface area contributed by atoms with Crippen molar-refractivity contribution >= 4 is 0 Å². The van der Waals surface area contributed by atoms with Gasteiger partial charge in [0, 0.05) is 19.4 Å². The molecule has 2 heterocycles. The number of ether oxygens (including phenoxy) is 5. The predicted molar refractivity (Wildman–Crippen MR) is 193 cm³/mol. The van der Waals surface area contributed by atoms with Crippen LogP contribution in [0.15, 0.2) is 23.8 Å². The summed E-state index contributed by atoms with van der Waals surface area (Å²) < 4.78 is 28.4. The zero-order valence-electron chi connectivity index (χ0n) is 32.4. The third-order valence-electron chi connectivity index (χ3n) is 14.8. The molecule has 14 heteroatoms. The molecule has 0 radical (unpaired) electrons. The van der Waals surface area contributed by atoms with Crippen molar-refractivity contribution in [3.8, 4) is 0 Å². The van der Waals surface area contributed by atoms with Crippen LogP contribution in [0.3, 0.4) is 0 Å². The number of allylic oxidation sites excluding steroid dienone is 1. The third-order valence-corrected chi connectivity index (χ3v) is 14.8. The van der Waals surface area contributed by atoms with E-state index in [9.17, 15) is 46.0 Å². The molecule has 0 aromatic heterocycles. The Labute approximate surface area is 318 Å². The molecule has 9 N–H and O–H groups in total. The summed E-state index contributed by atoms with van der Waals surface area (Å²) in [5.74, 6) is -1.17. The minimum Gasteiger partial charge on any atom is -0.390 e. The van der Waals surface area contributed by atoms with Gasteiger partial charge in [0.2, 0.25) is 0 Å². The Morgan fingerprint density at radius 3 is 2.20 bits per heavy atom. The van der Waals surface area contributed by atoms with E-state index in [1.807, 2.05) is 13.0 Å². The van der Waals surface area contributed by atoms with Gasteiger partial charge >= 0.3 is 0 Å². The highest BCUT2D eigenvalue weighted by Crippen LogP contribution is 2.69. The van der Waals surface area contributed by atoms with E-state index in [0.717, 1.165) is 24.0 Å². The molecule has 6 aliphatic rings. The molecule has 2 aliphatic heterocycles. The summed E-state index contributed by atoms with van der Waals surface area (Å²) in [7, 11) is 1.42. The van der Waals surface area contributed by atoms with Crippen LogP contribution in [0.1, 0.15) is 79.1 Å². The summed E-state index contributed by atoms with van der Waals surface area (Å²) in [6, 6.07) is 0. The van der Waals surface area contributed by atoms with Crippen molar-refractivity contribution in [3.63, 3.8) is 0 Å². The van der Waals surface area contributed by atoms with E-state index >= 15 is 0 Å². The zero-order chi connectivity index (χ0) is 39.5. The molecule has 0 aromatic rings. The van der Waals surface area contributed by atoms with Gasteiger partial charge in [-0.3, -0.25) is 0 Å². The molecule has 0 aromatic carbocycles. The topological polar surface area (TPSA) is 228 Å². The van der Waals surface area contributed by atoms with E-state index in [2.05, 4.69) is 27.4 Å². The average Bonchev–Trinajstić information content (AvgIpc) is 3.32. The molecule has 14 nitrogen and oxygen atoms in total. The molecule has 0 bridgehead atoms. The maximum absolute atomic E-state index is 12.8. The Kier molecular flexibility index (Phi) is 12.8. The third kappa shape index (κ3) is 7.40. The second kappa shape index (κ2) is 16.3. The fourth-order valence-electron chi connectivity index (χ4n) is 11.9. The first-order valence-electron chi connectivity index (χ1n) is 20.0. The number of aliphatic hydroxyl groups excluding tert-OH is 8. The Morgan fingerprint density at radius 1 is 0.870 bits per heavy atom. The van der Waals surface area contributed by atoms with Crippen LogP contribution >= 0.6 is 0 Å². The monoisotopic (exact) mass is 770 g/mol. The molecule has 4 aliphatic carbocycles. The van der Waals surface area contributed by atoms with Crippen LogP contribution in [0.5, 0.6) is 0 Å². The lowest BCUT2D eigenvalue weighted by Crippen LogP contribution is -2.66. The minimum atomic E-state index is -1.43. The van der Waals surface area contributed by atoms with Gasteiger partial charge in [-0.05, 0) is 91.9 Å². The molecular weight excluding hydrogens is 704 g/mol. The van der Waals surface area contributed by atoms with E-state index < -0.39 is 96.0 Å². The van der Waals surface area contributed by atoms with Crippen LogP contribution in [-0.2, 0) is 23.7 Å². The second-order valence-electron chi connectivity index (χ2n) is 18.0. The quantitative estimate of drug-likeness (QED) is 0.123. The van der Waals surface area contributed by atoms with Crippen LogP contribution in [0.4, 0.5) is 0 Å². The van der Waals surface area contributed by atoms with Gasteiger partial charge in [0.1, 0.15) is 36.6 Å². The van der Waals surface area contributed by atoms with Crippen molar-refractivity contribution in [1.29, 1.82) is 0 Å². The first-order valence-corrected chi connectivity index (χ1v) is 20.0. The lowest BCUT2D eigenvalue weighted by molar-refractivity contribution is -0.285. The molecule has 0 unspecified atom stereocenters. The van der Waals surface area contributed by atoms with E-state index in [1.54, 1.807) is 0 Å². The fraction of sp³-hybridized carbons (Fsp3) is 0.900. The Hall–Kier alpha value is -1.08. The molecular formula is C40H66O14. The van der Waals surface area contributed by atoms with Crippen LogP contribution in [-0.4, -0.2) is 152 Å². The van der Waals surface area contributed by atoms with Crippen LogP contribution in [0, 0.1) is 40.4 Å². The molecule has 2 saturated heterocycles. The SMILES string of the molecule is C=C(C)[C@@H](CCO[C@@H]1OC[C@@H](O)[C@H](O)[C@H]1O)CC[C@@H](C)[C@H]1[C@@H](O)[C@H](O)[C@@H]2[C@]1(C)CC[C@H]1[C@@]2(O)C[C@@H](O)C2=C[C@@H](O[C@@H]3OC[C@@H](O)[C@H](O)[C@H]3OC)CC[C@@]21C. The molecule has 0 spiro atoms. The van der Waals surface area contributed by atoms with Crippen molar-refractivity contribution in [2.75, 3.05) is 26.9 Å². The Balaban J connectivity index is 1.12. The lowest BCUT2D eigenvalue weighted by atomic mass is 9.43. The van der Waals surface area contributed by atoms with Crippen molar-refractivity contribution in [3.05, 3.63) is 23.8 Å². The number of aliphatic hydroxyl groups is 9. The molecule has 3 saturated carbocycles. The maximum atomic E-state index is 12.8. The molecule has 20 atom stereocenters. The zero-order valence-corrected chi connectivity index (χ0v) is 32.4. The first-order chi connectivity index (χ1) is 25.4. The minimum absolute atomic E-state index is 0.0163. The molecule has 6 rings (SSSR count). The van der Waals surface area contributed by atoms with E-state index in [4.69, 9.17) is 23.7 Å². The fourth-order valence-corrected chi connectivity index (χ4v) is 11.9.